The number of H-pyrrole nitrogens is 1. The van der Waals surface area contributed by atoms with Crippen molar-refractivity contribution in [2.75, 3.05) is 31.1 Å². The Morgan fingerprint density at radius 1 is 0.968 bits per heavy atom. The summed E-state index contributed by atoms with van der Waals surface area (Å²) in [5.41, 5.74) is 2.55. The van der Waals surface area contributed by atoms with Gasteiger partial charge in [-0.25, -0.2) is 9.36 Å². The third kappa shape index (κ3) is 3.52. The Hall–Kier alpha value is -3.42. The molecule has 0 aliphatic carbocycles. The molecule has 0 radical (unpaired) electrons. The average Bonchev–Trinajstić information content (AvgIpc) is 2.80. The quantitative estimate of drug-likeness (QED) is 0.519. The lowest BCUT2D eigenvalue weighted by Crippen LogP contribution is -2.44. The molecule has 0 amide bonds. The highest BCUT2D eigenvalue weighted by atomic mass is 35.5. The Kier molecular flexibility index (Phi) is 5.05. The number of rotatable bonds is 3. The molecule has 2 N–H and O–H groups in total. The third-order valence-corrected chi connectivity index (χ3v) is 5.89. The van der Waals surface area contributed by atoms with Crippen LogP contribution in [-0.2, 0) is 0 Å². The maximum atomic E-state index is 13.4. The van der Waals surface area contributed by atoms with Crippen LogP contribution in [0.25, 0.3) is 27.7 Å². The van der Waals surface area contributed by atoms with Gasteiger partial charge in [-0.3, -0.25) is 9.78 Å². The van der Waals surface area contributed by atoms with Gasteiger partial charge in [0.05, 0.1) is 28.5 Å². The van der Waals surface area contributed by atoms with Gasteiger partial charge in [0.1, 0.15) is 0 Å². The molecular weight excluding hydrogens is 414 g/mol. The van der Waals surface area contributed by atoms with Crippen LogP contribution in [0.5, 0.6) is 0 Å². The molecule has 4 aromatic rings. The fourth-order valence-electron chi connectivity index (χ4n) is 4.02. The van der Waals surface area contributed by atoms with Crippen molar-refractivity contribution in [1.82, 2.24) is 19.9 Å². The van der Waals surface area contributed by atoms with Crippen LogP contribution in [-0.4, -0.2) is 40.7 Å². The van der Waals surface area contributed by atoms with Gasteiger partial charge >= 0.3 is 5.69 Å². The van der Waals surface area contributed by atoms with Crippen LogP contribution in [0.4, 0.5) is 5.69 Å². The van der Waals surface area contributed by atoms with Crippen molar-refractivity contribution >= 4 is 28.2 Å². The lowest BCUT2D eigenvalue weighted by Gasteiger charge is -2.30. The minimum atomic E-state index is -0.502. The van der Waals surface area contributed by atoms with Crippen LogP contribution in [0.3, 0.4) is 0 Å². The zero-order valence-electron chi connectivity index (χ0n) is 16.6. The number of benzene rings is 2. The van der Waals surface area contributed by atoms with Crippen molar-refractivity contribution in [3.63, 3.8) is 0 Å². The molecule has 156 valence electrons. The van der Waals surface area contributed by atoms with Crippen LogP contribution in [0.15, 0.2) is 70.5 Å². The normalized spacial score (nSPS) is 14.2. The van der Waals surface area contributed by atoms with E-state index in [9.17, 15) is 9.59 Å². The van der Waals surface area contributed by atoms with Crippen molar-refractivity contribution in [1.29, 1.82) is 0 Å². The van der Waals surface area contributed by atoms with Crippen molar-refractivity contribution in [2.45, 2.75) is 0 Å². The van der Waals surface area contributed by atoms with Gasteiger partial charge in [-0.1, -0.05) is 35.9 Å². The highest BCUT2D eigenvalue weighted by Crippen LogP contribution is 2.29. The molecule has 2 aromatic carbocycles. The second-order valence-electron chi connectivity index (χ2n) is 7.41. The summed E-state index contributed by atoms with van der Waals surface area (Å²) in [5, 5.41) is 4.34. The highest BCUT2D eigenvalue weighted by Gasteiger charge is 2.19. The number of aromatic nitrogens is 3. The fourth-order valence-corrected chi connectivity index (χ4v) is 4.27. The molecule has 0 atom stereocenters. The number of nitrogens with zero attached hydrogens (tertiary/aromatic N) is 3. The SMILES string of the molecule is O=c1[nH]c2cc(-c3ccccc3Cl)ccc2c(=O)n1-c1cnccc1N1CCNCC1. The Morgan fingerprint density at radius 3 is 2.58 bits per heavy atom. The van der Waals surface area contributed by atoms with E-state index in [0.717, 1.165) is 43.0 Å². The molecule has 2 aromatic heterocycles. The summed E-state index contributed by atoms with van der Waals surface area (Å²) in [4.78, 5) is 35.6. The third-order valence-electron chi connectivity index (χ3n) is 5.56. The van der Waals surface area contributed by atoms with Gasteiger partial charge in [0.25, 0.3) is 5.56 Å². The molecule has 31 heavy (non-hydrogen) atoms. The number of anilines is 1. The lowest BCUT2D eigenvalue weighted by atomic mass is 10.0. The molecule has 1 aliphatic rings. The largest absolute Gasteiger partial charge is 0.367 e. The second-order valence-corrected chi connectivity index (χ2v) is 7.82. The number of halogens is 1. The van der Waals surface area contributed by atoms with Gasteiger partial charge in [0.15, 0.2) is 0 Å². The van der Waals surface area contributed by atoms with E-state index in [4.69, 9.17) is 11.6 Å². The first-order valence-electron chi connectivity index (χ1n) is 10.1. The van der Waals surface area contributed by atoms with E-state index in [1.54, 1.807) is 24.5 Å². The minimum absolute atomic E-state index is 0.381. The van der Waals surface area contributed by atoms with Gasteiger partial charge < -0.3 is 15.2 Å². The second kappa shape index (κ2) is 8.02. The number of hydrogen-bond donors (Lipinski definition) is 2. The number of aromatic amines is 1. The molecule has 5 rings (SSSR count). The van der Waals surface area contributed by atoms with E-state index < -0.39 is 5.69 Å². The molecule has 0 spiro atoms. The van der Waals surface area contributed by atoms with E-state index in [1.165, 1.54) is 4.57 Å². The Balaban J connectivity index is 1.67. The molecule has 1 fully saturated rings. The first-order valence-corrected chi connectivity index (χ1v) is 10.5. The average molecular weight is 434 g/mol. The predicted molar refractivity (Wildman–Crippen MR) is 123 cm³/mol. The topological polar surface area (TPSA) is 83.0 Å². The van der Waals surface area contributed by atoms with E-state index >= 15 is 0 Å². The monoisotopic (exact) mass is 433 g/mol. The zero-order valence-corrected chi connectivity index (χ0v) is 17.4. The fraction of sp³-hybridized carbons (Fsp3) is 0.174. The summed E-state index contributed by atoms with van der Waals surface area (Å²) in [6.45, 7) is 3.27. The molecule has 0 bridgehead atoms. The number of nitrogens with one attached hydrogen (secondary N) is 2. The molecular formula is C23H20ClN5O2. The van der Waals surface area contributed by atoms with Crippen molar-refractivity contribution in [2.24, 2.45) is 0 Å². The first-order chi connectivity index (χ1) is 15.1. The summed E-state index contributed by atoms with van der Waals surface area (Å²) in [6.07, 6.45) is 3.25. The molecule has 1 aliphatic heterocycles. The summed E-state index contributed by atoms with van der Waals surface area (Å²) >= 11 is 6.32. The van der Waals surface area contributed by atoms with E-state index in [2.05, 4.69) is 20.2 Å². The number of hydrogen-bond acceptors (Lipinski definition) is 5. The number of pyridine rings is 1. The van der Waals surface area contributed by atoms with Crippen molar-refractivity contribution in [3.05, 3.63) is 86.8 Å². The molecule has 0 saturated carbocycles. The lowest BCUT2D eigenvalue weighted by molar-refractivity contribution is 0.588. The van der Waals surface area contributed by atoms with Crippen LogP contribution in [0.2, 0.25) is 5.02 Å². The molecule has 1 saturated heterocycles. The van der Waals surface area contributed by atoms with Crippen LogP contribution < -0.4 is 21.5 Å². The van der Waals surface area contributed by atoms with Gasteiger partial charge in [0, 0.05) is 43.0 Å². The molecule has 8 heteroatoms. The maximum Gasteiger partial charge on any atom is 0.333 e. The van der Waals surface area contributed by atoms with Crippen molar-refractivity contribution in [3.8, 4) is 16.8 Å². The van der Waals surface area contributed by atoms with Gasteiger partial charge in [-0.05, 0) is 29.8 Å². The Labute approximate surface area is 182 Å². The summed E-state index contributed by atoms with van der Waals surface area (Å²) in [5.74, 6) is 0. The number of fused-ring (bicyclic) bond motifs is 1. The standard InChI is InChI=1S/C23H20ClN5O2/c24-18-4-2-1-3-16(18)15-5-6-17-19(13-15)27-23(31)29(22(17)30)21-14-26-8-7-20(21)28-11-9-25-10-12-28/h1-8,13-14,25H,9-12H2,(H,27,31). The first kappa shape index (κ1) is 19.5. The van der Waals surface area contributed by atoms with Crippen LogP contribution in [0, 0.1) is 0 Å². The van der Waals surface area contributed by atoms with Crippen LogP contribution in [0.1, 0.15) is 0 Å². The summed E-state index contributed by atoms with van der Waals surface area (Å²) in [7, 11) is 0. The minimum Gasteiger partial charge on any atom is -0.367 e. The van der Waals surface area contributed by atoms with Crippen molar-refractivity contribution < 1.29 is 0 Å². The van der Waals surface area contributed by atoms with E-state index in [0.29, 0.717) is 21.6 Å². The highest BCUT2D eigenvalue weighted by molar-refractivity contribution is 6.33. The summed E-state index contributed by atoms with van der Waals surface area (Å²) in [6, 6.07) is 14.7. The molecule has 3 heterocycles. The van der Waals surface area contributed by atoms with Gasteiger partial charge in [0.2, 0.25) is 0 Å². The van der Waals surface area contributed by atoms with E-state index in [1.807, 2.05) is 36.4 Å². The molecule has 7 nitrogen and oxygen atoms in total. The smallest absolute Gasteiger partial charge is 0.333 e. The van der Waals surface area contributed by atoms with E-state index in [-0.39, 0.29) is 5.56 Å². The van der Waals surface area contributed by atoms with Gasteiger partial charge in [-0.2, -0.15) is 0 Å². The summed E-state index contributed by atoms with van der Waals surface area (Å²) < 4.78 is 1.17. The Morgan fingerprint density at radius 2 is 1.77 bits per heavy atom. The Bertz CT molecular complexity index is 1390. The number of piperazine rings is 1. The zero-order chi connectivity index (χ0) is 21.4. The van der Waals surface area contributed by atoms with Crippen LogP contribution >= 0.6 is 11.6 Å². The predicted octanol–water partition coefficient (Wildman–Crippen LogP) is 2.80. The maximum absolute atomic E-state index is 13.4. The van der Waals surface area contributed by atoms with Gasteiger partial charge in [-0.15, -0.1) is 0 Å². The molecule has 0 unspecified atom stereocenters.